The molecular weight excluding hydrogens is 351 g/mol. The van der Waals surface area contributed by atoms with Crippen LogP contribution in [0.25, 0.3) is 0 Å². The molecule has 4 nitrogen and oxygen atoms in total. The van der Waals surface area contributed by atoms with Crippen LogP contribution in [0.15, 0.2) is 0 Å². The van der Waals surface area contributed by atoms with Crippen LogP contribution in [0.5, 0.6) is 0 Å². The molecule has 24 heavy (non-hydrogen) atoms. The van der Waals surface area contributed by atoms with Gasteiger partial charge in [0.25, 0.3) is 0 Å². The zero-order valence-corrected chi connectivity index (χ0v) is 20.1. The van der Waals surface area contributed by atoms with Crippen LogP contribution in [-0.4, -0.2) is 29.4 Å². The first-order valence-corrected chi connectivity index (χ1v) is 11.0. The molecule has 0 radical (unpaired) electrons. The van der Waals surface area contributed by atoms with Gasteiger partial charge in [-0.3, -0.25) is 0 Å². The molecule has 6 heteroatoms. The van der Waals surface area contributed by atoms with E-state index in [1.54, 1.807) is 0 Å². The maximum atomic E-state index is 11.3. The van der Waals surface area contributed by atoms with Crippen molar-refractivity contribution in [2.45, 2.75) is 115 Å². The summed E-state index contributed by atoms with van der Waals surface area (Å²) in [5, 5.41) is 9.17. The molecule has 0 saturated heterocycles. The van der Waals surface area contributed by atoms with Gasteiger partial charge in [0.15, 0.2) is 0 Å². The molecule has 0 rings (SSSR count). The summed E-state index contributed by atoms with van der Waals surface area (Å²) < 4.78 is 33.8. The molecule has 0 fully saturated rings. The molecule has 0 heterocycles. The molecule has 2 atom stereocenters. The molecule has 0 aliphatic carbocycles. The molecule has 2 unspecified atom stereocenters. The van der Waals surface area contributed by atoms with E-state index in [9.17, 15) is 18.1 Å². The number of rotatable bonds is 16. The van der Waals surface area contributed by atoms with E-state index in [-0.39, 0.29) is 57.5 Å². The Morgan fingerprint density at radius 2 is 1.12 bits per heavy atom. The van der Waals surface area contributed by atoms with Gasteiger partial charge in [0, 0.05) is 5.25 Å². The fourth-order valence-corrected chi connectivity index (χ4v) is 3.85. The summed E-state index contributed by atoms with van der Waals surface area (Å²) in [4.78, 5) is 0. The van der Waals surface area contributed by atoms with Crippen LogP contribution in [0, 0.1) is 0 Å². The predicted octanol–water partition coefficient (Wildman–Crippen LogP) is 1.77. The van der Waals surface area contributed by atoms with Crippen molar-refractivity contribution in [3.8, 4) is 0 Å². The zero-order valence-electron chi connectivity index (χ0n) is 16.1. The van der Waals surface area contributed by atoms with Gasteiger partial charge < -0.3 is 9.66 Å². The Hall–Kier alpha value is 1.51. The largest absolute Gasteiger partial charge is 1.00 e. The first-order chi connectivity index (χ1) is 10.9. The smallest absolute Gasteiger partial charge is 0.748 e. The van der Waals surface area contributed by atoms with Crippen molar-refractivity contribution in [3.63, 3.8) is 0 Å². The summed E-state index contributed by atoms with van der Waals surface area (Å²) in [5.74, 6) is 0. The van der Waals surface area contributed by atoms with Gasteiger partial charge in [-0.05, 0) is 25.7 Å². The SMILES string of the molecule is CCCCCCC(O)CCCCCC(CCCCC)S(=O)(=O)[O-].[K+]. The standard InChI is InChI=1S/C18H38O4S.K/c1-3-5-7-10-13-17(19)14-11-8-12-16-18(23(20,21)22)15-9-6-4-2;/h17-19H,3-16H2,1-2H3,(H,20,21,22);/q;+1/p-1. The first kappa shape index (κ1) is 27.7. The summed E-state index contributed by atoms with van der Waals surface area (Å²) in [6.07, 6.45) is 12.5. The van der Waals surface area contributed by atoms with E-state index in [2.05, 4.69) is 13.8 Å². The average molecular weight is 389 g/mol. The van der Waals surface area contributed by atoms with Gasteiger partial charge >= 0.3 is 51.4 Å². The van der Waals surface area contributed by atoms with Gasteiger partial charge in [-0.1, -0.05) is 78.1 Å². The maximum Gasteiger partial charge on any atom is 1.00 e. The van der Waals surface area contributed by atoms with Gasteiger partial charge in [0.2, 0.25) is 0 Å². The summed E-state index contributed by atoms with van der Waals surface area (Å²) in [7, 11) is -4.17. The van der Waals surface area contributed by atoms with Gasteiger partial charge in [-0.2, -0.15) is 0 Å². The van der Waals surface area contributed by atoms with Gasteiger partial charge in [-0.25, -0.2) is 8.42 Å². The third-order valence-corrected chi connectivity index (χ3v) is 5.78. The second kappa shape index (κ2) is 17.9. The van der Waals surface area contributed by atoms with Crippen LogP contribution in [0.1, 0.15) is 104 Å². The maximum absolute atomic E-state index is 11.3. The van der Waals surface area contributed by atoms with E-state index in [4.69, 9.17) is 0 Å². The number of hydrogen-bond donors (Lipinski definition) is 1. The Bertz CT molecular complexity index is 360. The van der Waals surface area contributed by atoms with Crippen LogP contribution in [0.3, 0.4) is 0 Å². The Balaban J connectivity index is 0. The van der Waals surface area contributed by atoms with Crippen LogP contribution in [0.4, 0.5) is 0 Å². The summed E-state index contributed by atoms with van der Waals surface area (Å²) in [6.45, 7) is 4.24. The van der Waals surface area contributed by atoms with Gasteiger partial charge in [0.05, 0.1) is 16.2 Å². The van der Waals surface area contributed by atoms with Gasteiger partial charge in [0.1, 0.15) is 0 Å². The molecule has 0 aromatic rings. The van der Waals surface area contributed by atoms with Crippen molar-refractivity contribution < 1.29 is 69.5 Å². The summed E-state index contributed by atoms with van der Waals surface area (Å²) in [6, 6.07) is 0. The van der Waals surface area contributed by atoms with E-state index in [1.807, 2.05) is 0 Å². The van der Waals surface area contributed by atoms with Crippen molar-refractivity contribution in [3.05, 3.63) is 0 Å². The third-order valence-electron chi connectivity index (χ3n) is 4.49. The minimum atomic E-state index is -4.17. The van der Waals surface area contributed by atoms with Crippen LogP contribution in [-0.2, 0) is 10.1 Å². The molecular formula is C18H37KO4S. The van der Waals surface area contributed by atoms with Gasteiger partial charge in [-0.15, -0.1) is 0 Å². The summed E-state index contributed by atoms with van der Waals surface area (Å²) >= 11 is 0. The number of aliphatic hydroxyl groups excluding tert-OH is 1. The topological polar surface area (TPSA) is 77.4 Å². The Morgan fingerprint density at radius 1 is 0.750 bits per heavy atom. The molecule has 0 amide bonds. The minimum Gasteiger partial charge on any atom is -0.748 e. The average Bonchev–Trinajstić information content (AvgIpc) is 2.48. The third kappa shape index (κ3) is 16.9. The molecule has 0 aromatic carbocycles. The fraction of sp³-hybridized carbons (Fsp3) is 1.00. The second-order valence-electron chi connectivity index (χ2n) is 6.75. The van der Waals surface area contributed by atoms with Crippen molar-refractivity contribution in [2.24, 2.45) is 0 Å². The summed E-state index contributed by atoms with van der Waals surface area (Å²) in [5.41, 5.74) is 0. The molecule has 0 aliphatic rings. The predicted molar refractivity (Wildman–Crippen MR) is 95.5 cm³/mol. The molecule has 1 N–H and O–H groups in total. The van der Waals surface area contributed by atoms with E-state index >= 15 is 0 Å². The minimum absolute atomic E-state index is 0. The molecule has 0 aliphatic heterocycles. The number of hydrogen-bond acceptors (Lipinski definition) is 4. The van der Waals surface area contributed by atoms with Crippen LogP contribution in [0.2, 0.25) is 0 Å². The Kier molecular flexibility index (Phi) is 20.7. The quantitative estimate of drug-likeness (QED) is 0.248. The van der Waals surface area contributed by atoms with E-state index in [1.165, 1.54) is 19.3 Å². The fourth-order valence-electron chi connectivity index (χ4n) is 2.93. The number of aliphatic hydroxyl groups is 1. The molecule has 140 valence electrons. The molecule has 0 saturated carbocycles. The Morgan fingerprint density at radius 3 is 1.58 bits per heavy atom. The molecule has 0 bridgehead atoms. The first-order valence-electron chi connectivity index (χ1n) is 9.54. The zero-order chi connectivity index (χ0) is 17.6. The monoisotopic (exact) mass is 388 g/mol. The van der Waals surface area contributed by atoms with Crippen molar-refractivity contribution >= 4 is 10.1 Å². The van der Waals surface area contributed by atoms with Crippen molar-refractivity contribution in [1.82, 2.24) is 0 Å². The second-order valence-corrected chi connectivity index (χ2v) is 8.40. The van der Waals surface area contributed by atoms with Crippen molar-refractivity contribution in [1.29, 1.82) is 0 Å². The van der Waals surface area contributed by atoms with Crippen molar-refractivity contribution in [2.75, 3.05) is 0 Å². The van der Waals surface area contributed by atoms with Crippen LogP contribution < -0.4 is 51.4 Å². The molecule has 0 spiro atoms. The van der Waals surface area contributed by atoms with E-state index in [0.29, 0.717) is 12.8 Å². The normalized spacial score (nSPS) is 14.2. The van der Waals surface area contributed by atoms with E-state index < -0.39 is 15.4 Å². The number of unbranched alkanes of at least 4 members (excludes halogenated alkanes) is 7. The molecule has 0 aromatic heterocycles. The van der Waals surface area contributed by atoms with Crippen LogP contribution >= 0.6 is 0 Å². The van der Waals surface area contributed by atoms with E-state index in [0.717, 1.165) is 57.8 Å². The Labute approximate surface area is 192 Å².